The predicted octanol–water partition coefficient (Wildman–Crippen LogP) is 1.86. The van der Waals surface area contributed by atoms with Gasteiger partial charge in [0.25, 0.3) is 0 Å². The minimum Gasteiger partial charge on any atom is -0.350 e. The molecule has 0 saturated carbocycles. The molecule has 0 spiro atoms. The molecule has 0 bridgehead atoms. The summed E-state index contributed by atoms with van der Waals surface area (Å²) >= 11 is 0. The third-order valence-electron chi connectivity index (χ3n) is 2.48. The van der Waals surface area contributed by atoms with E-state index in [0.717, 1.165) is 24.0 Å². The molecule has 1 heterocycles. The van der Waals surface area contributed by atoms with Gasteiger partial charge in [-0.1, -0.05) is 18.2 Å². The fourth-order valence-corrected chi connectivity index (χ4v) is 1.69. The van der Waals surface area contributed by atoms with E-state index in [4.69, 9.17) is 14.7 Å². The molecule has 2 rings (SSSR count). The van der Waals surface area contributed by atoms with Crippen molar-refractivity contribution in [2.45, 2.75) is 19.1 Å². The normalized spacial score (nSPS) is 16.5. The van der Waals surface area contributed by atoms with Crippen LogP contribution in [0.1, 0.15) is 17.5 Å². The first-order valence-corrected chi connectivity index (χ1v) is 5.11. The zero-order valence-electron chi connectivity index (χ0n) is 8.48. The molecule has 3 nitrogen and oxygen atoms in total. The SMILES string of the molecule is N#Cc1ccccc1CCC1OCCO1. The first-order valence-electron chi connectivity index (χ1n) is 5.11. The van der Waals surface area contributed by atoms with Gasteiger partial charge in [0.2, 0.25) is 0 Å². The number of aryl methyl sites for hydroxylation is 1. The third kappa shape index (κ3) is 2.56. The molecule has 0 unspecified atom stereocenters. The summed E-state index contributed by atoms with van der Waals surface area (Å²) in [5.74, 6) is 0. The monoisotopic (exact) mass is 203 g/mol. The first-order chi connectivity index (χ1) is 7.40. The van der Waals surface area contributed by atoms with Gasteiger partial charge >= 0.3 is 0 Å². The fourth-order valence-electron chi connectivity index (χ4n) is 1.69. The van der Waals surface area contributed by atoms with Gasteiger partial charge in [0.1, 0.15) is 0 Å². The molecule has 1 aromatic carbocycles. The lowest BCUT2D eigenvalue weighted by Crippen LogP contribution is -2.09. The number of nitriles is 1. The predicted molar refractivity (Wildman–Crippen MR) is 55.2 cm³/mol. The van der Waals surface area contributed by atoms with Gasteiger partial charge in [0, 0.05) is 6.42 Å². The second-order valence-corrected chi connectivity index (χ2v) is 3.48. The molecule has 1 saturated heterocycles. The van der Waals surface area contributed by atoms with Crippen molar-refractivity contribution in [1.82, 2.24) is 0 Å². The molecule has 0 atom stereocenters. The van der Waals surface area contributed by atoms with Crippen molar-refractivity contribution in [3.8, 4) is 6.07 Å². The molecule has 0 N–H and O–H groups in total. The van der Waals surface area contributed by atoms with E-state index in [1.54, 1.807) is 0 Å². The highest BCUT2D eigenvalue weighted by molar-refractivity contribution is 5.37. The van der Waals surface area contributed by atoms with Gasteiger partial charge in [-0.25, -0.2) is 0 Å². The summed E-state index contributed by atoms with van der Waals surface area (Å²) in [5.41, 5.74) is 1.81. The van der Waals surface area contributed by atoms with Crippen molar-refractivity contribution in [1.29, 1.82) is 5.26 Å². The van der Waals surface area contributed by atoms with Gasteiger partial charge in [-0.3, -0.25) is 0 Å². The van der Waals surface area contributed by atoms with Gasteiger partial charge in [0.05, 0.1) is 24.8 Å². The Morgan fingerprint density at radius 2 is 2.00 bits per heavy atom. The van der Waals surface area contributed by atoms with Crippen molar-refractivity contribution < 1.29 is 9.47 Å². The van der Waals surface area contributed by atoms with Gasteiger partial charge in [-0.15, -0.1) is 0 Å². The minimum atomic E-state index is -0.0863. The van der Waals surface area contributed by atoms with E-state index in [-0.39, 0.29) is 6.29 Å². The van der Waals surface area contributed by atoms with Gasteiger partial charge in [-0.2, -0.15) is 5.26 Å². The summed E-state index contributed by atoms with van der Waals surface area (Å²) in [6, 6.07) is 9.84. The quantitative estimate of drug-likeness (QED) is 0.753. The highest BCUT2D eigenvalue weighted by Gasteiger charge is 2.15. The lowest BCUT2D eigenvalue weighted by Gasteiger charge is -2.09. The Hall–Kier alpha value is -1.37. The van der Waals surface area contributed by atoms with Crippen molar-refractivity contribution in [3.63, 3.8) is 0 Å². The maximum absolute atomic E-state index is 8.90. The summed E-state index contributed by atoms with van der Waals surface area (Å²) < 4.78 is 10.7. The van der Waals surface area contributed by atoms with Crippen molar-refractivity contribution in [3.05, 3.63) is 35.4 Å². The highest BCUT2D eigenvalue weighted by Crippen LogP contribution is 2.15. The summed E-state index contributed by atoms with van der Waals surface area (Å²) in [4.78, 5) is 0. The Bertz CT molecular complexity index is 364. The average molecular weight is 203 g/mol. The van der Waals surface area contributed by atoms with Crippen LogP contribution in [0, 0.1) is 11.3 Å². The van der Waals surface area contributed by atoms with E-state index in [0.29, 0.717) is 13.2 Å². The molecule has 0 amide bonds. The number of ether oxygens (including phenoxy) is 2. The van der Waals surface area contributed by atoms with E-state index >= 15 is 0 Å². The lowest BCUT2D eigenvalue weighted by molar-refractivity contribution is -0.0462. The van der Waals surface area contributed by atoms with Crippen LogP contribution in [0.25, 0.3) is 0 Å². The van der Waals surface area contributed by atoms with E-state index < -0.39 is 0 Å². The summed E-state index contributed by atoms with van der Waals surface area (Å²) in [6.45, 7) is 1.37. The molecule has 1 aliphatic rings. The first kappa shape index (κ1) is 10.2. The molecule has 1 aliphatic heterocycles. The third-order valence-corrected chi connectivity index (χ3v) is 2.48. The molecular formula is C12H13NO2. The fraction of sp³-hybridized carbons (Fsp3) is 0.417. The Kier molecular flexibility index (Phi) is 3.33. The van der Waals surface area contributed by atoms with Gasteiger partial charge in [-0.05, 0) is 18.1 Å². The van der Waals surface area contributed by atoms with Crippen LogP contribution < -0.4 is 0 Å². The Morgan fingerprint density at radius 1 is 1.27 bits per heavy atom. The molecule has 0 aromatic heterocycles. The smallest absolute Gasteiger partial charge is 0.158 e. The van der Waals surface area contributed by atoms with Crippen LogP contribution in [0.2, 0.25) is 0 Å². The molecule has 0 aliphatic carbocycles. The van der Waals surface area contributed by atoms with Crippen LogP contribution in [0.4, 0.5) is 0 Å². The van der Waals surface area contributed by atoms with Crippen LogP contribution in [0.15, 0.2) is 24.3 Å². The molecule has 1 aromatic rings. The zero-order chi connectivity index (χ0) is 10.5. The summed E-state index contributed by atoms with van der Waals surface area (Å²) in [5, 5.41) is 8.90. The van der Waals surface area contributed by atoms with Crippen LogP contribution in [-0.4, -0.2) is 19.5 Å². The largest absolute Gasteiger partial charge is 0.350 e. The molecule has 3 heteroatoms. The topological polar surface area (TPSA) is 42.2 Å². The number of hydrogen-bond acceptors (Lipinski definition) is 3. The Labute approximate surface area is 89.2 Å². The Morgan fingerprint density at radius 3 is 2.73 bits per heavy atom. The minimum absolute atomic E-state index is 0.0863. The maximum Gasteiger partial charge on any atom is 0.158 e. The summed E-state index contributed by atoms with van der Waals surface area (Å²) in [7, 11) is 0. The molecule has 78 valence electrons. The molecule has 15 heavy (non-hydrogen) atoms. The number of benzene rings is 1. The second-order valence-electron chi connectivity index (χ2n) is 3.48. The second kappa shape index (κ2) is 4.92. The van der Waals surface area contributed by atoms with E-state index in [1.807, 2.05) is 24.3 Å². The van der Waals surface area contributed by atoms with Crippen molar-refractivity contribution >= 4 is 0 Å². The van der Waals surface area contributed by atoms with Crippen LogP contribution in [-0.2, 0) is 15.9 Å². The van der Waals surface area contributed by atoms with Crippen LogP contribution in [0.5, 0.6) is 0 Å². The molecular weight excluding hydrogens is 190 g/mol. The number of hydrogen-bond donors (Lipinski definition) is 0. The maximum atomic E-state index is 8.90. The average Bonchev–Trinajstić information content (AvgIpc) is 2.79. The van der Waals surface area contributed by atoms with E-state index in [1.165, 1.54) is 0 Å². The van der Waals surface area contributed by atoms with Crippen LogP contribution in [0.3, 0.4) is 0 Å². The standard InChI is InChI=1S/C12H13NO2/c13-9-11-4-2-1-3-10(11)5-6-12-14-7-8-15-12/h1-4,12H,5-8H2. The highest BCUT2D eigenvalue weighted by atomic mass is 16.7. The number of nitrogens with zero attached hydrogens (tertiary/aromatic N) is 1. The zero-order valence-corrected chi connectivity index (χ0v) is 8.48. The van der Waals surface area contributed by atoms with Gasteiger partial charge < -0.3 is 9.47 Å². The molecule has 1 fully saturated rings. The van der Waals surface area contributed by atoms with E-state index in [2.05, 4.69) is 6.07 Å². The van der Waals surface area contributed by atoms with Crippen molar-refractivity contribution in [2.24, 2.45) is 0 Å². The lowest BCUT2D eigenvalue weighted by atomic mass is 10.0. The van der Waals surface area contributed by atoms with Crippen molar-refractivity contribution in [2.75, 3.05) is 13.2 Å². The number of rotatable bonds is 3. The molecule has 0 radical (unpaired) electrons. The van der Waals surface area contributed by atoms with E-state index in [9.17, 15) is 0 Å². The van der Waals surface area contributed by atoms with Gasteiger partial charge in [0.15, 0.2) is 6.29 Å². The summed E-state index contributed by atoms with van der Waals surface area (Å²) in [6.07, 6.45) is 1.56. The Balaban J connectivity index is 1.95. The van der Waals surface area contributed by atoms with Crippen LogP contribution >= 0.6 is 0 Å².